The number of aryl methyl sites for hydroxylation is 1. The molecule has 0 unspecified atom stereocenters. The smallest absolute Gasteiger partial charge is 0.239 e. The number of aromatic nitrogens is 2. The molecule has 1 rings (SSSR count). The number of carbonyl (C=O) groups excluding carboxylic acids is 2. The van der Waals surface area contributed by atoms with Crippen LogP contribution >= 0.6 is 0 Å². The van der Waals surface area contributed by atoms with Gasteiger partial charge in [-0.3, -0.25) is 14.3 Å². The van der Waals surface area contributed by atoms with Crippen LogP contribution < -0.4 is 5.32 Å². The SMILES string of the molecule is Cc1nn(CC(C)C)c(C)c1CC(=O)N(C)CC(=O)NC(C)C. The number of hydrogen-bond acceptors (Lipinski definition) is 3. The number of amides is 2. The third-order valence-corrected chi connectivity index (χ3v) is 3.65. The van der Waals surface area contributed by atoms with Crippen molar-refractivity contribution >= 4 is 11.8 Å². The summed E-state index contributed by atoms with van der Waals surface area (Å²) < 4.78 is 1.97. The van der Waals surface area contributed by atoms with E-state index in [9.17, 15) is 9.59 Å². The van der Waals surface area contributed by atoms with E-state index in [0.29, 0.717) is 5.92 Å². The average molecular weight is 322 g/mol. The molecule has 0 radical (unpaired) electrons. The first-order valence-corrected chi connectivity index (χ1v) is 8.18. The molecule has 0 saturated heterocycles. The van der Waals surface area contributed by atoms with Gasteiger partial charge in [0.2, 0.25) is 11.8 Å². The van der Waals surface area contributed by atoms with Crippen LogP contribution in [0.4, 0.5) is 0 Å². The molecule has 0 aliphatic heterocycles. The second kappa shape index (κ2) is 8.13. The van der Waals surface area contributed by atoms with Crippen molar-refractivity contribution in [1.82, 2.24) is 20.0 Å². The summed E-state index contributed by atoms with van der Waals surface area (Å²) in [5.74, 6) is 0.290. The number of likely N-dealkylation sites (N-methyl/N-ethyl adjacent to an activating group) is 1. The Morgan fingerprint density at radius 2 is 1.83 bits per heavy atom. The van der Waals surface area contributed by atoms with Gasteiger partial charge < -0.3 is 10.2 Å². The number of carbonyl (C=O) groups is 2. The molecule has 23 heavy (non-hydrogen) atoms. The van der Waals surface area contributed by atoms with E-state index < -0.39 is 0 Å². The minimum atomic E-state index is -0.139. The van der Waals surface area contributed by atoms with Crippen molar-refractivity contribution in [1.29, 1.82) is 0 Å². The monoisotopic (exact) mass is 322 g/mol. The zero-order valence-electron chi connectivity index (χ0n) is 15.4. The molecular formula is C17H30N4O2. The fourth-order valence-corrected chi connectivity index (χ4v) is 2.47. The fourth-order valence-electron chi connectivity index (χ4n) is 2.47. The molecule has 0 bridgehead atoms. The van der Waals surface area contributed by atoms with Gasteiger partial charge in [0.15, 0.2) is 0 Å². The lowest BCUT2D eigenvalue weighted by molar-refractivity contribution is -0.134. The lowest BCUT2D eigenvalue weighted by atomic mass is 10.1. The highest BCUT2D eigenvalue weighted by molar-refractivity contribution is 5.85. The van der Waals surface area contributed by atoms with Crippen LogP contribution in [0, 0.1) is 19.8 Å². The largest absolute Gasteiger partial charge is 0.352 e. The van der Waals surface area contributed by atoms with Gasteiger partial charge in [0.1, 0.15) is 0 Å². The first-order chi connectivity index (χ1) is 10.6. The first-order valence-electron chi connectivity index (χ1n) is 8.18. The maximum atomic E-state index is 12.4. The minimum Gasteiger partial charge on any atom is -0.352 e. The van der Waals surface area contributed by atoms with Crippen LogP contribution in [-0.4, -0.2) is 46.1 Å². The van der Waals surface area contributed by atoms with Crippen molar-refractivity contribution in [3.63, 3.8) is 0 Å². The zero-order valence-corrected chi connectivity index (χ0v) is 15.4. The molecule has 1 N–H and O–H groups in total. The topological polar surface area (TPSA) is 67.2 Å². The normalized spacial score (nSPS) is 11.2. The second-order valence-corrected chi connectivity index (χ2v) is 6.87. The molecule has 0 aliphatic rings. The zero-order chi connectivity index (χ0) is 17.7. The van der Waals surface area contributed by atoms with Gasteiger partial charge in [-0.05, 0) is 33.6 Å². The van der Waals surface area contributed by atoms with Crippen LogP contribution in [0.5, 0.6) is 0 Å². The molecule has 6 nitrogen and oxygen atoms in total. The quantitative estimate of drug-likeness (QED) is 0.830. The van der Waals surface area contributed by atoms with E-state index in [4.69, 9.17) is 0 Å². The highest BCUT2D eigenvalue weighted by atomic mass is 16.2. The Hall–Kier alpha value is -1.85. The maximum absolute atomic E-state index is 12.4. The molecule has 0 fully saturated rings. The molecular weight excluding hydrogens is 292 g/mol. The van der Waals surface area contributed by atoms with E-state index in [2.05, 4.69) is 24.3 Å². The van der Waals surface area contributed by atoms with E-state index in [1.54, 1.807) is 7.05 Å². The standard InChI is InChI=1S/C17H30N4O2/c1-11(2)9-21-14(6)15(13(5)19-21)8-17(23)20(7)10-16(22)18-12(3)4/h11-12H,8-10H2,1-7H3,(H,18,22). The van der Waals surface area contributed by atoms with E-state index in [1.165, 1.54) is 4.90 Å². The summed E-state index contributed by atoms with van der Waals surface area (Å²) in [7, 11) is 1.66. The molecule has 1 aromatic heterocycles. The molecule has 1 aromatic rings. The third-order valence-electron chi connectivity index (χ3n) is 3.65. The summed E-state index contributed by atoms with van der Waals surface area (Å²) in [5, 5.41) is 7.32. The predicted molar refractivity (Wildman–Crippen MR) is 91.2 cm³/mol. The van der Waals surface area contributed by atoms with E-state index in [1.807, 2.05) is 32.4 Å². The summed E-state index contributed by atoms with van der Waals surface area (Å²) in [6, 6.07) is 0.0738. The van der Waals surface area contributed by atoms with Crippen molar-refractivity contribution in [2.45, 2.75) is 60.5 Å². The molecule has 0 saturated carbocycles. The summed E-state index contributed by atoms with van der Waals surface area (Å²) in [5.41, 5.74) is 2.88. The van der Waals surface area contributed by atoms with Crippen molar-refractivity contribution in [2.24, 2.45) is 5.92 Å². The average Bonchev–Trinajstić information content (AvgIpc) is 2.64. The van der Waals surface area contributed by atoms with Crippen LogP contribution in [0.25, 0.3) is 0 Å². The maximum Gasteiger partial charge on any atom is 0.239 e. The lowest BCUT2D eigenvalue weighted by Crippen LogP contribution is -2.41. The number of rotatable bonds is 7. The Morgan fingerprint density at radius 3 is 2.35 bits per heavy atom. The van der Waals surface area contributed by atoms with Crippen LogP contribution in [-0.2, 0) is 22.6 Å². The van der Waals surface area contributed by atoms with Gasteiger partial charge in [0.05, 0.1) is 18.7 Å². The predicted octanol–water partition coefficient (Wildman–Crippen LogP) is 1.68. The van der Waals surface area contributed by atoms with E-state index in [0.717, 1.165) is 23.5 Å². The molecule has 130 valence electrons. The fraction of sp³-hybridized carbons (Fsp3) is 0.706. The highest BCUT2D eigenvalue weighted by Crippen LogP contribution is 2.16. The number of nitrogens with one attached hydrogen (secondary N) is 1. The molecule has 2 amide bonds. The van der Waals surface area contributed by atoms with Crippen molar-refractivity contribution in [2.75, 3.05) is 13.6 Å². The van der Waals surface area contributed by atoms with Crippen LogP contribution in [0.15, 0.2) is 0 Å². The molecule has 1 heterocycles. The molecule has 0 atom stereocenters. The van der Waals surface area contributed by atoms with Crippen molar-refractivity contribution in [3.8, 4) is 0 Å². The number of nitrogens with zero attached hydrogens (tertiary/aromatic N) is 3. The van der Waals surface area contributed by atoms with E-state index in [-0.39, 0.29) is 30.8 Å². The first kappa shape index (κ1) is 19.2. The second-order valence-electron chi connectivity index (χ2n) is 6.87. The Labute approximate surface area is 139 Å². The Bertz CT molecular complexity index is 561. The van der Waals surface area contributed by atoms with Crippen LogP contribution in [0.2, 0.25) is 0 Å². The summed E-state index contributed by atoms with van der Waals surface area (Å²) >= 11 is 0. The van der Waals surface area contributed by atoms with Gasteiger partial charge in [0.25, 0.3) is 0 Å². The van der Waals surface area contributed by atoms with Gasteiger partial charge in [0, 0.05) is 30.9 Å². The van der Waals surface area contributed by atoms with Gasteiger partial charge in [-0.15, -0.1) is 0 Å². The molecule has 0 aromatic carbocycles. The molecule has 0 spiro atoms. The van der Waals surface area contributed by atoms with Gasteiger partial charge in [-0.25, -0.2) is 0 Å². The lowest BCUT2D eigenvalue weighted by Gasteiger charge is -2.18. The van der Waals surface area contributed by atoms with Crippen molar-refractivity contribution < 1.29 is 9.59 Å². The third kappa shape index (κ3) is 5.69. The summed E-state index contributed by atoms with van der Waals surface area (Å²) in [6.07, 6.45) is 0.279. The van der Waals surface area contributed by atoms with Gasteiger partial charge >= 0.3 is 0 Å². The van der Waals surface area contributed by atoms with Gasteiger partial charge in [-0.2, -0.15) is 5.10 Å². The minimum absolute atomic E-state index is 0.0702. The molecule has 6 heteroatoms. The Morgan fingerprint density at radius 1 is 1.22 bits per heavy atom. The van der Waals surface area contributed by atoms with E-state index >= 15 is 0 Å². The summed E-state index contributed by atoms with van der Waals surface area (Å²) in [6.45, 7) is 12.9. The number of hydrogen-bond donors (Lipinski definition) is 1. The Balaban J connectivity index is 2.73. The van der Waals surface area contributed by atoms with Crippen LogP contribution in [0.1, 0.15) is 44.6 Å². The van der Waals surface area contributed by atoms with Crippen LogP contribution in [0.3, 0.4) is 0 Å². The van der Waals surface area contributed by atoms with Crippen molar-refractivity contribution in [3.05, 3.63) is 17.0 Å². The Kier molecular flexibility index (Phi) is 6.79. The summed E-state index contributed by atoms with van der Waals surface area (Å²) in [4.78, 5) is 25.6. The highest BCUT2D eigenvalue weighted by Gasteiger charge is 2.19. The molecule has 0 aliphatic carbocycles. The van der Waals surface area contributed by atoms with Gasteiger partial charge in [-0.1, -0.05) is 13.8 Å².